The van der Waals surface area contributed by atoms with Crippen molar-refractivity contribution in [3.8, 4) is 0 Å². The molecule has 1 aliphatic heterocycles. The van der Waals surface area contributed by atoms with Gasteiger partial charge in [0.15, 0.2) is 5.65 Å². The van der Waals surface area contributed by atoms with E-state index in [9.17, 15) is 9.18 Å². The molecule has 174 valence electrons. The number of aromatic nitrogens is 3. The first-order valence-electron chi connectivity index (χ1n) is 10.5. The molecule has 6 nitrogen and oxygen atoms in total. The van der Waals surface area contributed by atoms with Crippen molar-refractivity contribution in [3.63, 3.8) is 0 Å². The third-order valence-electron chi connectivity index (χ3n) is 5.67. The second-order valence-corrected chi connectivity index (χ2v) is 7.82. The average Bonchev–Trinajstić information content (AvgIpc) is 3.08. The summed E-state index contributed by atoms with van der Waals surface area (Å²) in [6, 6.07) is 10.5. The number of hydrogen-bond acceptors (Lipinski definition) is 5. The Labute approximate surface area is 200 Å². The Morgan fingerprint density at radius 2 is 1.88 bits per heavy atom. The van der Waals surface area contributed by atoms with Crippen LogP contribution in [0.15, 0.2) is 42.6 Å². The highest BCUT2D eigenvalue weighted by Gasteiger charge is 2.24. The van der Waals surface area contributed by atoms with Crippen LogP contribution in [0.25, 0.3) is 11.2 Å². The molecule has 32 heavy (non-hydrogen) atoms. The Kier molecular flexibility index (Phi) is 9.87. The molecule has 0 atom stereocenters. The summed E-state index contributed by atoms with van der Waals surface area (Å²) in [7, 11) is 0. The van der Waals surface area contributed by atoms with Crippen molar-refractivity contribution in [1.29, 1.82) is 0 Å². The number of benzene rings is 1. The number of imidazole rings is 1. The molecule has 0 amide bonds. The van der Waals surface area contributed by atoms with Gasteiger partial charge in [-0.25, -0.2) is 14.4 Å². The maximum absolute atomic E-state index is 13.3. The van der Waals surface area contributed by atoms with Crippen LogP contribution in [0.1, 0.15) is 31.2 Å². The SMILES string of the molecule is CCOC(=O)CN1CCC(Cc2nc3cccnc3n2Cc2ccc(F)cc2)CC1.Cl.Cl. The summed E-state index contributed by atoms with van der Waals surface area (Å²) >= 11 is 0. The molecule has 0 unspecified atom stereocenters. The number of halogens is 3. The lowest BCUT2D eigenvalue weighted by Gasteiger charge is -2.31. The zero-order chi connectivity index (χ0) is 20.9. The normalized spacial score (nSPS) is 14.6. The minimum Gasteiger partial charge on any atom is -0.465 e. The Hall–Kier alpha value is -2.22. The first-order valence-corrected chi connectivity index (χ1v) is 10.5. The molecule has 3 aromatic rings. The van der Waals surface area contributed by atoms with Crippen molar-refractivity contribution in [2.75, 3.05) is 26.2 Å². The number of piperidine rings is 1. The van der Waals surface area contributed by atoms with Crippen molar-refractivity contribution < 1.29 is 13.9 Å². The van der Waals surface area contributed by atoms with Crippen molar-refractivity contribution >= 4 is 41.9 Å². The predicted octanol–water partition coefficient (Wildman–Crippen LogP) is 4.28. The third kappa shape index (κ3) is 6.40. The summed E-state index contributed by atoms with van der Waals surface area (Å²) in [6.07, 6.45) is 4.69. The van der Waals surface area contributed by atoms with Crippen LogP contribution >= 0.6 is 24.8 Å². The number of nitrogens with zero attached hydrogens (tertiary/aromatic N) is 4. The van der Waals surface area contributed by atoms with E-state index in [0.717, 1.165) is 54.9 Å². The number of likely N-dealkylation sites (tertiary alicyclic amines) is 1. The molecule has 0 spiro atoms. The van der Waals surface area contributed by atoms with E-state index in [1.54, 1.807) is 6.20 Å². The Morgan fingerprint density at radius 1 is 1.16 bits per heavy atom. The Balaban J connectivity index is 0.00000181. The van der Waals surface area contributed by atoms with Gasteiger partial charge < -0.3 is 9.30 Å². The van der Waals surface area contributed by atoms with Crippen molar-refractivity contribution in [2.24, 2.45) is 5.92 Å². The van der Waals surface area contributed by atoms with Crippen LogP contribution in [0.5, 0.6) is 0 Å². The number of carbonyl (C=O) groups excluding carboxylic acids is 1. The molecule has 0 bridgehead atoms. The highest BCUT2D eigenvalue weighted by atomic mass is 35.5. The van der Waals surface area contributed by atoms with Gasteiger partial charge in [-0.2, -0.15) is 0 Å². The van der Waals surface area contributed by atoms with Gasteiger partial charge in [0.25, 0.3) is 0 Å². The fourth-order valence-corrected chi connectivity index (χ4v) is 4.10. The quantitative estimate of drug-likeness (QED) is 0.470. The molecule has 0 N–H and O–H groups in total. The predicted molar refractivity (Wildman–Crippen MR) is 127 cm³/mol. The molecular weight excluding hydrogens is 454 g/mol. The molecule has 1 saturated heterocycles. The highest BCUT2D eigenvalue weighted by Crippen LogP contribution is 2.24. The number of carbonyl (C=O) groups is 1. The van der Waals surface area contributed by atoms with E-state index in [1.807, 2.05) is 31.2 Å². The second kappa shape index (κ2) is 12.1. The monoisotopic (exact) mass is 482 g/mol. The van der Waals surface area contributed by atoms with Gasteiger partial charge in [-0.3, -0.25) is 9.69 Å². The number of esters is 1. The van der Waals surface area contributed by atoms with Crippen LogP contribution in [0.4, 0.5) is 4.39 Å². The summed E-state index contributed by atoms with van der Waals surface area (Å²) in [4.78, 5) is 23.3. The van der Waals surface area contributed by atoms with Crippen molar-refractivity contribution in [1.82, 2.24) is 19.4 Å². The van der Waals surface area contributed by atoms with Crippen molar-refractivity contribution in [3.05, 3.63) is 59.8 Å². The number of hydrogen-bond donors (Lipinski definition) is 0. The Bertz CT molecular complexity index is 1000. The first kappa shape index (κ1) is 26.0. The molecule has 2 aromatic heterocycles. The van der Waals surface area contributed by atoms with Gasteiger partial charge in [-0.05, 0) is 68.6 Å². The summed E-state index contributed by atoms with van der Waals surface area (Å²) in [5, 5.41) is 0. The van der Waals surface area contributed by atoms with E-state index in [1.165, 1.54) is 12.1 Å². The summed E-state index contributed by atoms with van der Waals surface area (Å²) < 4.78 is 20.5. The molecule has 0 radical (unpaired) electrons. The molecule has 1 aromatic carbocycles. The van der Waals surface area contributed by atoms with Crippen LogP contribution < -0.4 is 0 Å². The van der Waals surface area contributed by atoms with E-state index in [2.05, 4.69) is 14.5 Å². The minimum atomic E-state index is -0.234. The average molecular weight is 483 g/mol. The van der Waals surface area contributed by atoms with Crippen LogP contribution in [0, 0.1) is 11.7 Å². The van der Waals surface area contributed by atoms with Gasteiger partial charge in [0.05, 0.1) is 19.7 Å². The fourth-order valence-electron chi connectivity index (χ4n) is 4.10. The number of ether oxygens (including phenoxy) is 1. The lowest BCUT2D eigenvalue weighted by atomic mass is 9.93. The maximum Gasteiger partial charge on any atom is 0.320 e. The first-order chi connectivity index (χ1) is 14.6. The summed E-state index contributed by atoms with van der Waals surface area (Å²) in [5.74, 6) is 1.13. The molecule has 0 saturated carbocycles. The van der Waals surface area contributed by atoms with Gasteiger partial charge in [-0.1, -0.05) is 12.1 Å². The smallest absolute Gasteiger partial charge is 0.320 e. The van der Waals surface area contributed by atoms with Gasteiger partial charge in [0.2, 0.25) is 0 Å². The largest absolute Gasteiger partial charge is 0.465 e. The Morgan fingerprint density at radius 3 is 2.56 bits per heavy atom. The molecule has 4 rings (SSSR count). The molecule has 0 aliphatic carbocycles. The zero-order valence-electron chi connectivity index (χ0n) is 18.1. The van der Waals surface area contributed by atoms with Crippen LogP contribution in [-0.4, -0.2) is 51.6 Å². The highest BCUT2D eigenvalue weighted by molar-refractivity contribution is 5.85. The van der Waals surface area contributed by atoms with E-state index in [4.69, 9.17) is 9.72 Å². The number of rotatable bonds is 7. The molecule has 1 fully saturated rings. The summed E-state index contributed by atoms with van der Waals surface area (Å²) in [5.41, 5.74) is 2.76. The topological polar surface area (TPSA) is 60.2 Å². The van der Waals surface area contributed by atoms with Crippen LogP contribution in [0.2, 0.25) is 0 Å². The lowest BCUT2D eigenvalue weighted by Crippen LogP contribution is -2.38. The van der Waals surface area contributed by atoms with Crippen LogP contribution in [0.3, 0.4) is 0 Å². The van der Waals surface area contributed by atoms with Crippen LogP contribution in [-0.2, 0) is 22.5 Å². The van der Waals surface area contributed by atoms with Crippen molar-refractivity contribution in [2.45, 2.75) is 32.7 Å². The summed E-state index contributed by atoms with van der Waals surface area (Å²) in [6.45, 7) is 5.02. The van der Waals surface area contributed by atoms with E-state index >= 15 is 0 Å². The second-order valence-electron chi connectivity index (χ2n) is 7.82. The maximum atomic E-state index is 13.3. The van der Waals surface area contributed by atoms with Gasteiger partial charge in [-0.15, -0.1) is 24.8 Å². The number of pyridine rings is 1. The molecule has 1 aliphatic rings. The number of fused-ring (bicyclic) bond motifs is 1. The minimum absolute atomic E-state index is 0. The van der Waals surface area contributed by atoms with Gasteiger partial charge >= 0.3 is 5.97 Å². The van der Waals surface area contributed by atoms with Gasteiger partial charge in [0, 0.05) is 12.6 Å². The van der Waals surface area contributed by atoms with E-state index in [-0.39, 0.29) is 36.6 Å². The molecule has 9 heteroatoms. The standard InChI is InChI=1S/C23H27FN4O2.2ClH/c1-2-30-22(29)16-27-12-9-17(10-13-27)14-21-26-20-4-3-11-25-23(20)28(21)15-18-5-7-19(24)8-6-18;;/h3-8,11,17H,2,9-10,12-16H2,1H3;2*1H. The fraction of sp³-hybridized carbons (Fsp3) is 0.435. The van der Waals surface area contributed by atoms with E-state index < -0.39 is 0 Å². The molecular formula is C23H29Cl2FN4O2. The zero-order valence-corrected chi connectivity index (χ0v) is 19.7. The van der Waals surface area contributed by atoms with Gasteiger partial charge in [0.1, 0.15) is 17.2 Å². The van der Waals surface area contributed by atoms with E-state index in [0.29, 0.717) is 25.6 Å². The molecule has 3 heterocycles. The lowest BCUT2D eigenvalue weighted by molar-refractivity contribution is -0.144. The third-order valence-corrected chi connectivity index (χ3v) is 5.67.